The number of hydrogen-bond acceptors (Lipinski definition) is 11. The number of anilines is 2. The third-order valence-electron chi connectivity index (χ3n) is 6.33. The Kier molecular flexibility index (Phi) is 12.8. The summed E-state index contributed by atoms with van der Waals surface area (Å²) < 4.78 is 17.1. The van der Waals surface area contributed by atoms with E-state index in [-0.39, 0.29) is 29.4 Å². The SMILES string of the molecule is CCN(CC)c1ccc(/C=N\NC(=O)COc2nc(C)c(Br)c(COC)c2C#N)c(OCC(=O)Nc2cccc([N+](=O)[O-])c2)c1. The summed E-state index contributed by atoms with van der Waals surface area (Å²) in [6, 6.07) is 13.0. The molecule has 0 radical (unpaired) electrons. The summed E-state index contributed by atoms with van der Waals surface area (Å²) in [5.41, 5.74) is 5.05. The summed E-state index contributed by atoms with van der Waals surface area (Å²) in [6.07, 6.45) is 1.36. The quantitative estimate of drug-likeness (QED) is 0.132. The van der Waals surface area contributed by atoms with E-state index in [1.54, 1.807) is 19.1 Å². The standard InChI is InChI=1S/C30H32BrN7O7/c1-5-37(6-2)22-11-10-20(26(13-22)44-17-27(39)35-21-8-7-9-23(12-21)38(41)42)15-33-36-28(40)18-45-30-24(14-32)25(16-43-4)29(31)19(3)34-30/h7-13,15H,5-6,16-18H2,1-4H3,(H,35,39)(H,36,40)/b33-15-. The number of ether oxygens (including phenoxy) is 3. The number of nitro benzene ring substituents is 1. The van der Waals surface area contributed by atoms with E-state index in [0.29, 0.717) is 27.0 Å². The summed E-state index contributed by atoms with van der Waals surface area (Å²) in [5.74, 6) is -0.819. The Labute approximate surface area is 268 Å². The highest BCUT2D eigenvalue weighted by Gasteiger charge is 2.19. The molecule has 0 unspecified atom stereocenters. The number of hydrogen-bond donors (Lipinski definition) is 2. The molecule has 3 rings (SSSR count). The number of rotatable bonds is 15. The Bertz CT molecular complexity index is 1620. The van der Waals surface area contributed by atoms with Gasteiger partial charge in [0.1, 0.15) is 17.4 Å². The third-order valence-corrected chi connectivity index (χ3v) is 7.38. The fraction of sp³-hybridized carbons (Fsp3) is 0.300. The molecule has 0 aliphatic rings. The predicted octanol–water partition coefficient (Wildman–Crippen LogP) is 4.47. The van der Waals surface area contributed by atoms with Gasteiger partial charge in [-0.25, -0.2) is 10.4 Å². The first-order valence-corrected chi connectivity index (χ1v) is 14.5. The lowest BCUT2D eigenvalue weighted by Crippen LogP contribution is -2.25. The summed E-state index contributed by atoms with van der Waals surface area (Å²) in [4.78, 5) is 41.9. The van der Waals surface area contributed by atoms with Crippen LogP contribution in [0.15, 0.2) is 52.0 Å². The van der Waals surface area contributed by atoms with Gasteiger partial charge in [0.05, 0.1) is 23.4 Å². The van der Waals surface area contributed by atoms with Gasteiger partial charge in [0.25, 0.3) is 17.5 Å². The van der Waals surface area contributed by atoms with Crippen LogP contribution in [-0.4, -0.2) is 61.3 Å². The van der Waals surface area contributed by atoms with Crippen LogP contribution in [0.5, 0.6) is 11.6 Å². The highest BCUT2D eigenvalue weighted by molar-refractivity contribution is 9.10. The van der Waals surface area contributed by atoms with Gasteiger partial charge in [-0.1, -0.05) is 6.07 Å². The minimum Gasteiger partial charge on any atom is -0.483 e. The van der Waals surface area contributed by atoms with Crippen LogP contribution in [0, 0.1) is 28.4 Å². The number of hydrazone groups is 1. The molecule has 2 N–H and O–H groups in total. The van der Waals surface area contributed by atoms with E-state index in [1.165, 1.54) is 37.6 Å². The number of pyridine rings is 1. The number of halogens is 1. The molecule has 0 aliphatic heterocycles. The first-order chi connectivity index (χ1) is 21.6. The van der Waals surface area contributed by atoms with E-state index in [2.05, 4.69) is 41.7 Å². The minimum absolute atomic E-state index is 0.00422. The lowest BCUT2D eigenvalue weighted by molar-refractivity contribution is -0.384. The molecule has 1 heterocycles. The molecule has 0 bridgehead atoms. The topological polar surface area (TPSA) is 181 Å². The fourth-order valence-corrected chi connectivity index (χ4v) is 4.53. The normalized spacial score (nSPS) is 10.7. The Morgan fingerprint density at radius 2 is 1.89 bits per heavy atom. The Morgan fingerprint density at radius 1 is 1.16 bits per heavy atom. The summed E-state index contributed by atoms with van der Waals surface area (Å²) in [7, 11) is 1.50. The average Bonchev–Trinajstić information content (AvgIpc) is 3.02. The molecule has 14 nitrogen and oxygen atoms in total. The molecule has 0 saturated heterocycles. The maximum atomic E-state index is 12.6. The van der Waals surface area contributed by atoms with Crippen LogP contribution >= 0.6 is 15.9 Å². The highest BCUT2D eigenvalue weighted by Crippen LogP contribution is 2.30. The minimum atomic E-state index is -0.607. The Hall–Kier alpha value is -5.07. The summed E-state index contributed by atoms with van der Waals surface area (Å²) >= 11 is 3.41. The molecule has 3 aromatic rings. The molecule has 0 atom stereocenters. The van der Waals surface area contributed by atoms with Crippen molar-refractivity contribution in [1.29, 1.82) is 5.26 Å². The van der Waals surface area contributed by atoms with Crippen molar-refractivity contribution in [2.45, 2.75) is 27.4 Å². The van der Waals surface area contributed by atoms with Gasteiger partial charge in [-0.05, 0) is 54.9 Å². The number of nitrogens with zero attached hydrogens (tertiary/aromatic N) is 5. The van der Waals surface area contributed by atoms with E-state index in [1.807, 2.05) is 26.0 Å². The van der Waals surface area contributed by atoms with Crippen molar-refractivity contribution < 1.29 is 28.7 Å². The second-order valence-corrected chi connectivity index (χ2v) is 10.1. The lowest BCUT2D eigenvalue weighted by atomic mass is 10.1. The molecule has 0 aliphatic carbocycles. The molecule has 236 valence electrons. The zero-order valence-corrected chi connectivity index (χ0v) is 26.7. The number of non-ortho nitro benzene ring substituents is 1. The first kappa shape index (κ1) is 34.4. The number of nitro groups is 1. The van der Waals surface area contributed by atoms with Crippen LogP contribution in [0.25, 0.3) is 0 Å². The van der Waals surface area contributed by atoms with Gasteiger partial charge in [0.15, 0.2) is 13.2 Å². The summed E-state index contributed by atoms with van der Waals surface area (Å²) in [6.45, 7) is 6.50. The van der Waals surface area contributed by atoms with E-state index in [4.69, 9.17) is 14.2 Å². The van der Waals surface area contributed by atoms with Crippen LogP contribution in [0.3, 0.4) is 0 Å². The Morgan fingerprint density at radius 3 is 2.56 bits per heavy atom. The van der Waals surface area contributed by atoms with Crippen LogP contribution in [0.4, 0.5) is 17.1 Å². The molecule has 0 fully saturated rings. The van der Waals surface area contributed by atoms with Crippen LogP contribution in [-0.2, 0) is 20.9 Å². The van der Waals surface area contributed by atoms with Gasteiger partial charge in [0.2, 0.25) is 5.88 Å². The number of carbonyl (C=O) groups excluding carboxylic acids is 2. The van der Waals surface area contributed by atoms with Crippen molar-refractivity contribution in [2.75, 3.05) is 43.6 Å². The third kappa shape index (κ3) is 9.46. The van der Waals surface area contributed by atoms with Crippen LogP contribution < -0.4 is 25.1 Å². The van der Waals surface area contributed by atoms with Crippen molar-refractivity contribution in [2.24, 2.45) is 5.10 Å². The van der Waals surface area contributed by atoms with E-state index in [9.17, 15) is 25.0 Å². The molecule has 1 aromatic heterocycles. The monoisotopic (exact) mass is 681 g/mol. The average molecular weight is 683 g/mol. The molecule has 15 heteroatoms. The molecule has 2 amide bonds. The van der Waals surface area contributed by atoms with Crippen molar-refractivity contribution >= 4 is 51.0 Å². The molecular weight excluding hydrogens is 650 g/mol. The maximum Gasteiger partial charge on any atom is 0.278 e. The Balaban J connectivity index is 1.71. The van der Waals surface area contributed by atoms with Crippen LogP contribution in [0.1, 0.15) is 36.2 Å². The molecule has 45 heavy (non-hydrogen) atoms. The zero-order valence-electron chi connectivity index (χ0n) is 25.1. The van der Waals surface area contributed by atoms with Gasteiger partial charge in [0, 0.05) is 65.4 Å². The van der Waals surface area contributed by atoms with Crippen molar-refractivity contribution in [1.82, 2.24) is 10.4 Å². The number of amides is 2. The largest absolute Gasteiger partial charge is 0.483 e. The predicted molar refractivity (Wildman–Crippen MR) is 171 cm³/mol. The van der Waals surface area contributed by atoms with Crippen molar-refractivity contribution in [3.63, 3.8) is 0 Å². The second kappa shape index (κ2) is 16.7. The number of nitriles is 1. The fourth-order valence-electron chi connectivity index (χ4n) is 4.13. The van der Waals surface area contributed by atoms with Gasteiger partial charge < -0.3 is 24.4 Å². The zero-order chi connectivity index (χ0) is 32.9. The molecular formula is C30H32BrN7O7. The number of aromatic nitrogens is 1. The number of methoxy groups -OCH3 is 1. The second-order valence-electron chi connectivity index (χ2n) is 9.34. The van der Waals surface area contributed by atoms with Crippen molar-refractivity contribution in [3.8, 4) is 17.7 Å². The van der Waals surface area contributed by atoms with Gasteiger partial charge in [-0.2, -0.15) is 10.4 Å². The summed E-state index contributed by atoms with van der Waals surface area (Å²) in [5, 5.41) is 27.2. The molecule has 2 aromatic carbocycles. The van der Waals surface area contributed by atoms with E-state index < -0.39 is 30.0 Å². The number of carbonyl (C=O) groups is 2. The first-order valence-electron chi connectivity index (χ1n) is 13.7. The number of benzene rings is 2. The molecule has 0 saturated carbocycles. The number of nitrogens with one attached hydrogen (secondary N) is 2. The highest BCUT2D eigenvalue weighted by atomic mass is 79.9. The van der Waals surface area contributed by atoms with Gasteiger partial charge in [-0.3, -0.25) is 19.7 Å². The number of aryl methyl sites for hydroxylation is 1. The van der Waals surface area contributed by atoms with E-state index in [0.717, 1.165) is 18.8 Å². The van der Waals surface area contributed by atoms with Gasteiger partial charge in [-0.15, -0.1) is 0 Å². The smallest absolute Gasteiger partial charge is 0.278 e. The van der Waals surface area contributed by atoms with Crippen LogP contribution in [0.2, 0.25) is 0 Å². The maximum absolute atomic E-state index is 12.6. The van der Waals surface area contributed by atoms with Crippen molar-refractivity contribution in [3.05, 3.63) is 79.4 Å². The van der Waals surface area contributed by atoms with E-state index >= 15 is 0 Å². The molecule has 0 spiro atoms. The van der Waals surface area contributed by atoms with Gasteiger partial charge >= 0.3 is 0 Å². The lowest BCUT2D eigenvalue weighted by Gasteiger charge is -2.22.